The lowest BCUT2D eigenvalue weighted by Crippen LogP contribution is -2.59. The second-order valence-electron chi connectivity index (χ2n) is 8.05. The smallest absolute Gasteiger partial charge is 0.379 e. The van der Waals surface area contributed by atoms with Crippen molar-refractivity contribution in [1.29, 1.82) is 5.26 Å². The predicted molar refractivity (Wildman–Crippen MR) is 111 cm³/mol. The van der Waals surface area contributed by atoms with Crippen LogP contribution in [0.25, 0.3) is 0 Å². The fourth-order valence-electron chi connectivity index (χ4n) is 4.38. The van der Waals surface area contributed by atoms with Crippen LogP contribution in [0.2, 0.25) is 0 Å². The third-order valence-electron chi connectivity index (χ3n) is 5.95. The van der Waals surface area contributed by atoms with Crippen LogP contribution < -0.4 is 5.32 Å². The summed E-state index contributed by atoms with van der Waals surface area (Å²) in [7, 11) is 0. The van der Waals surface area contributed by atoms with E-state index in [1.165, 1.54) is 13.3 Å². The molecule has 2 fully saturated rings. The van der Waals surface area contributed by atoms with Crippen molar-refractivity contribution >= 4 is 17.7 Å². The number of carbonyl (C=O) groups is 1. The number of ether oxygens (including phenoxy) is 1. The number of morpholine rings is 1. The normalized spacial score (nSPS) is 19.6. The first-order chi connectivity index (χ1) is 14.7. The molecule has 1 aromatic rings. The van der Waals surface area contributed by atoms with Gasteiger partial charge < -0.3 is 10.1 Å². The van der Waals surface area contributed by atoms with E-state index in [1.807, 2.05) is 0 Å². The van der Waals surface area contributed by atoms with Gasteiger partial charge in [-0.15, -0.1) is 0 Å². The first kappa shape index (κ1) is 23.8. The molecule has 1 saturated heterocycles. The van der Waals surface area contributed by atoms with Gasteiger partial charge in [-0.1, -0.05) is 31.0 Å². The van der Waals surface area contributed by atoms with E-state index < -0.39 is 17.3 Å². The molecule has 0 spiro atoms. The maximum absolute atomic E-state index is 13.3. The summed E-state index contributed by atoms with van der Waals surface area (Å²) < 4.78 is 45.2. The molecule has 3 rings (SSSR count). The van der Waals surface area contributed by atoms with Crippen LogP contribution in [0.4, 0.5) is 13.2 Å². The molecular formula is C21H27F3N4O2S. The fraction of sp³-hybridized carbons (Fsp3) is 0.667. The average Bonchev–Trinajstić information content (AvgIpc) is 2.76. The summed E-state index contributed by atoms with van der Waals surface area (Å²) in [5.41, 5.74) is -1.49. The molecule has 1 N–H and O–H groups in total. The molecule has 10 heteroatoms. The Hall–Kier alpha value is -1.83. The van der Waals surface area contributed by atoms with Crippen LogP contribution in [0, 0.1) is 18.3 Å². The monoisotopic (exact) mass is 456 g/mol. The van der Waals surface area contributed by atoms with Gasteiger partial charge in [0.15, 0.2) is 0 Å². The summed E-state index contributed by atoms with van der Waals surface area (Å²) in [6, 6.07) is 2.46. The number of pyridine rings is 1. The molecule has 1 saturated carbocycles. The predicted octanol–water partition coefficient (Wildman–Crippen LogP) is 3.52. The Kier molecular flexibility index (Phi) is 7.83. The number of rotatable bonds is 6. The van der Waals surface area contributed by atoms with E-state index in [0.29, 0.717) is 19.8 Å². The van der Waals surface area contributed by atoms with Crippen LogP contribution in [0.15, 0.2) is 11.1 Å². The van der Waals surface area contributed by atoms with Gasteiger partial charge in [0.25, 0.3) is 0 Å². The average molecular weight is 457 g/mol. The second kappa shape index (κ2) is 10.2. The zero-order chi connectivity index (χ0) is 22.5. The van der Waals surface area contributed by atoms with Crippen LogP contribution in [0.5, 0.6) is 0 Å². The van der Waals surface area contributed by atoms with Crippen molar-refractivity contribution in [2.45, 2.75) is 55.8 Å². The van der Waals surface area contributed by atoms with Gasteiger partial charge in [-0.25, -0.2) is 4.98 Å². The first-order valence-electron chi connectivity index (χ1n) is 10.5. The van der Waals surface area contributed by atoms with E-state index in [9.17, 15) is 23.2 Å². The summed E-state index contributed by atoms with van der Waals surface area (Å²) in [5, 5.41) is 12.2. The molecule has 1 aliphatic carbocycles. The zero-order valence-electron chi connectivity index (χ0n) is 17.6. The Morgan fingerprint density at radius 2 is 2.00 bits per heavy atom. The molecule has 0 radical (unpaired) electrons. The number of hydrogen-bond donors (Lipinski definition) is 1. The molecule has 6 nitrogen and oxygen atoms in total. The molecule has 1 aromatic heterocycles. The highest BCUT2D eigenvalue weighted by Gasteiger charge is 2.39. The number of thioether (sulfide) groups is 1. The molecule has 0 atom stereocenters. The highest BCUT2D eigenvalue weighted by Crippen LogP contribution is 2.36. The minimum Gasteiger partial charge on any atom is -0.379 e. The molecule has 0 bridgehead atoms. The molecule has 2 aliphatic rings. The Balaban J connectivity index is 1.65. The first-order valence-corrected chi connectivity index (χ1v) is 11.4. The molecule has 2 heterocycles. The van der Waals surface area contributed by atoms with Crippen molar-refractivity contribution < 1.29 is 22.7 Å². The topological polar surface area (TPSA) is 78.2 Å². The molecule has 0 unspecified atom stereocenters. The maximum Gasteiger partial charge on any atom is 0.417 e. The van der Waals surface area contributed by atoms with Gasteiger partial charge in [0.2, 0.25) is 5.91 Å². The van der Waals surface area contributed by atoms with E-state index in [2.05, 4.69) is 15.2 Å². The Morgan fingerprint density at radius 3 is 2.61 bits per heavy atom. The van der Waals surface area contributed by atoms with Gasteiger partial charge >= 0.3 is 6.18 Å². The molecule has 31 heavy (non-hydrogen) atoms. The Bertz CT molecular complexity index is 829. The number of hydrogen-bond acceptors (Lipinski definition) is 6. The largest absolute Gasteiger partial charge is 0.417 e. The number of halogens is 3. The SMILES string of the molecule is Cc1cc(C(F)(F)F)c(C#N)c(SCC(=O)NCC2(N3CCOCC3)CCCCC2)n1. The van der Waals surface area contributed by atoms with Gasteiger partial charge in [-0.05, 0) is 25.8 Å². The van der Waals surface area contributed by atoms with E-state index in [4.69, 9.17) is 4.74 Å². The van der Waals surface area contributed by atoms with E-state index in [-0.39, 0.29) is 27.9 Å². The quantitative estimate of drug-likeness (QED) is 0.660. The van der Waals surface area contributed by atoms with Crippen molar-refractivity contribution in [3.63, 3.8) is 0 Å². The number of alkyl halides is 3. The van der Waals surface area contributed by atoms with Crippen LogP contribution in [-0.2, 0) is 15.7 Å². The van der Waals surface area contributed by atoms with Crippen LogP contribution in [-0.4, -0.2) is 59.9 Å². The number of aryl methyl sites for hydroxylation is 1. The number of nitrogens with one attached hydrogen (secondary N) is 1. The highest BCUT2D eigenvalue weighted by molar-refractivity contribution is 8.00. The minimum absolute atomic E-state index is 0.0643. The van der Waals surface area contributed by atoms with Crippen molar-refractivity contribution in [2.75, 3.05) is 38.6 Å². The van der Waals surface area contributed by atoms with Crippen LogP contribution in [0.1, 0.15) is 48.9 Å². The summed E-state index contributed by atoms with van der Waals surface area (Å²) in [6.45, 7) is 4.99. The number of aromatic nitrogens is 1. The molecular weight excluding hydrogens is 429 g/mol. The molecule has 1 amide bonds. The zero-order valence-corrected chi connectivity index (χ0v) is 18.4. The second-order valence-corrected chi connectivity index (χ2v) is 9.01. The minimum atomic E-state index is -4.65. The maximum atomic E-state index is 13.3. The van der Waals surface area contributed by atoms with Crippen molar-refractivity contribution in [3.8, 4) is 6.07 Å². The lowest BCUT2D eigenvalue weighted by atomic mass is 9.79. The van der Waals surface area contributed by atoms with Crippen molar-refractivity contribution in [2.24, 2.45) is 0 Å². The standard InChI is InChI=1S/C21H27F3N4O2S/c1-15-11-17(21(22,23)24)16(12-25)19(27-15)31-13-18(29)26-14-20(5-3-2-4-6-20)28-7-9-30-10-8-28/h11H,2-10,13-14H2,1H3,(H,26,29). The van der Waals surface area contributed by atoms with Gasteiger partial charge in [-0.3, -0.25) is 9.69 Å². The molecule has 0 aromatic carbocycles. The van der Waals surface area contributed by atoms with Crippen LogP contribution >= 0.6 is 11.8 Å². The Morgan fingerprint density at radius 1 is 1.32 bits per heavy atom. The molecule has 170 valence electrons. The third-order valence-corrected chi connectivity index (χ3v) is 6.93. The van der Waals surface area contributed by atoms with Gasteiger partial charge in [-0.2, -0.15) is 18.4 Å². The molecule has 1 aliphatic heterocycles. The van der Waals surface area contributed by atoms with Gasteiger partial charge in [0.05, 0.1) is 30.1 Å². The summed E-state index contributed by atoms with van der Waals surface area (Å²) >= 11 is 0.866. The van der Waals surface area contributed by atoms with Crippen molar-refractivity contribution in [1.82, 2.24) is 15.2 Å². The Labute approximate surface area is 184 Å². The van der Waals surface area contributed by atoms with Gasteiger partial charge in [0, 0.05) is 30.9 Å². The lowest BCUT2D eigenvalue weighted by molar-refractivity contribution is -0.138. The van der Waals surface area contributed by atoms with Gasteiger partial charge in [0.1, 0.15) is 11.1 Å². The van der Waals surface area contributed by atoms with Crippen LogP contribution in [0.3, 0.4) is 0 Å². The van der Waals surface area contributed by atoms with E-state index >= 15 is 0 Å². The van der Waals surface area contributed by atoms with Crippen molar-refractivity contribution in [3.05, 3.63) is 22.9 Å². The lowest BCUT2D eigenvalue weighted by Gasteiger charge is -2.48. The highest BCUT2D eigenvalue weighted by atomic mass is 32.2. The summed E-state index contributed by atoms with van der Waals surface area (Å²) in [4.78, 5) is 19.0. The van der Waals surface area contributed by atoms with E-state index in [0.717, 1.165) is 56.6 Å². The fourth-order valence-corrected chi connectivity index (χ4v) is 5.26. The summed E-state index contributed by atoms with van der Waals surface area (Å²) in [5.74, 6) is -0.370. The third kappa shape index (κ3) is 5.90. The number of carbonyl (C=O) groups excluding carboxylic acids is 1. The summed E-state index contributed by atoms with van der Waals surface area (Å²) in [6.07, 6.45) is 0.776. The number of amides is 1. The number of nitriles is 1. The number of nitrogens with zero attached hydrogens (tertiary/aromatic N) is 3. The van der Waals surface area contributed by atoms with E-state index in [1.54, 1.807) is 6.07 Å².